The summed E-state index contributed by atoms with van der Waals surface area (Å²) in [6, 6.07) is 15.7. The minimum Gasteiger partial charge on any atom is -0.497 e. The Morgan fingerprint density at radius 3 is 1.75 bits per heavy atom. The largest absolute Gasteiger partial charge is 0.497 e. The van der Waals surface area contributed by atoms with E-state index >= 15 is 0 Å². The van der Waals surface area contributed by atoms with Gasteiger partial charge in [0.05, 0.1) is 7.11 Å². The highest BCUT2D eigenvalue weighted by Crippen LogP contribution is 2.31. The molecule has 106 valence electrons. The molecule has 1 unspecified atom stereocenters. The van der Waals surface area contributed by atoms with Gasteiger partial charge in [0.25, 0.3) is 0 Å². The SMILES string of the molecule is COc1ccc(C(C)(O)c2ccc(C(C)C)cc2)cc1. The first-order chi connectivity index (χ1) is 9.45. The van der Waals surface area contributed by atoms with Crippen LogP contribution in [0, 0.1) is 0 Å². The van der Waals surface area contributed by atoms with Crippen molar-refractivity contribution in [3.05, 3.63) is 65.2 Å². The van der Waals surface area contributed by atoms with Crippen LogP contribution in [0.25, 0.3) is 0 Å². The smallest absolute Gasteiger partial charge is 0.118 e. The van der Waals surface area contributed by atoms with Crippen LogP contribution in [0.4, 0.5) is 0 Å². The highest BCUT2D eigenvalue weighted by Gasteiger charge is 2.25. The minimum absolute atomic E-state index is 0.495. The number of rotatable bonds is 4. The molecule has 0 amide bonds. The van der Waals surface area contributed by atoms with Crippen molar-refractivity contribution in [2.24, 2.45) is 0 Å². The molecule has 0 bridgehead atoms. The van der Waals surface area contributed by atoms with Crippen LogP contribution < -0.4 is 4.74 Å². The zero-order chi connectivity index (χ0) is 14.8. The van der Waals surface area contributed by atoms with Crippen LogP contribution in [-0.2, 0) is 5.60 Å². The van der Waals surface area contributed by atoms with Crippen molar-refractivity contribution in [2.45, 2.75) is 32.3 Å². The maximum Gasteiger partial charge on any atom is 0.118 e. The zero-order valence-electron chi connectivity index (χ0n) is 12.6. The molecule has 0 aromatic heterocycles. The van der Waals surface area contributed by atoms with Crippen LogP contribution in [0.3, 0.4) is 0 Å². The highest BCUT2D eigenvalue weighted by molar-refractivity contribution is 5.39. The molecule has 0 saturated heterocycles. The molecule has 0 saturated carbocycles. The Balaban J connectivity index is 2.32. The molecule has 2 nitrogen and oxygen atoms in total. The van der Waals surface area contributed by atoms with Crippen LogP contribution in [0.15, 0.2) is 48.5 Å². The van der Waals surface area contributed by atoms with Crippen LogP contribution in [0.1, 0.15) is 43.4 Å². The lowest BCUT2D eigenvalue weighted by Gasteiger charge is -2.25. The van der Waals surface area contributed by atoms with Crippen molar-refractivity contribution < 1.29 is 9.84 Å². The van der Waals surface area contributed by atoms with Gasteiger partial charge in [-0.2, -0.15) is 0 Å². The molecule has 0 radical (unpaired) electrons. The molecule has 1 N–H and O–H groups in total. The van der Waals surface area contributed by atoms with E-state index < -0.39 is 5.60 Å². The van der Waals surface area contributed by atoms with Gasteiger partial charge in [-0.25, -0.2) is 0 Å². The fourth-order valence-electron chi connectivity index (χ4n) is 2.27. The third-order valence-corrected chi connectivity index (χ3v) is 3.79. The lowest BCUT2D eigenvalue weighted by Crippen LogP contribution is -2.22. The molecule has 0 aliphatic carbocycles. The second-order valence-electron chi connectivity index (χ2n) is 5.58. The normalized spacial score (nSPS) is 14.1. The third-order valence-electron chi connectivity index (χ3n) is 3.79. The van der Waals surface area contributed by atoms with Gasteiger partial charge < -0.3 is 9.84 Å². The van der Waals surface area contributed by atoms with Gasteiger partial charge in [0.1, 0.15) is 11.4 Å². The molecule has 0 fully saturated rings. The summed E-state index contributed by atoms with van der Waals surface area (Å²) in [7, 11) is 1.64. The summed E-state index contributed by atoms with van der Waals surface area (Å²) in [6.45, 7) is 6.15. The lowest BCUT2D eigenvalue weighted by molar-refractivity contribution is 0.102. The average molecular weight is 270 g/mol. The Labute approximate surface area is 121 Å². The van der Waals surface area contributed by atoms with E-state index in [2.05, 4.69) is 26.0 Å². The summed E-state index contributed by atoms with van der Waals surface area (Å²) in [5.41, 5.74) is 2.03. The molecule has 0 aliphatic heterocycles. The second-order valence-corrected chi connectivity index (χ2v) is 5.58. The van der Waals surface area contributed by atoms with E-state index in [4.69, 9.17) is 4.74 Å². The van der Waals surface area contributed by atoms with Gasteiger partial charge in [-0.1, -0.05) is 50.2 Å². The van der Waals surface area contributed by atoms with Gasteiger partial charge in [-0.05, 0) is 41.7 Å². The predicted molar refractivity (Wildman–Crippen MR) is 82.2 cm³/mol. The third kappa shape index (κ3) is 2.86. The van der Waals surface area contributed by atoms with Crippen LogP contribution in [-0.4, -0.2) is 12.2 Å². The molecule has 2 aromatic rings. The van der Waals surface area contributed by atoms with Crippen LogP contribution in [0.5, 0.6) is 5.75 Å². The number of benzene rings is 2. The summed E-state index contributed by atoms with van der Waals surface area (Å²) >= 11 is 0. The van der Waals surface area contributed by atoms with Crippen LogP contribution in [0.2, 0.25) is 0 Å². The highest BCUT2D eigenvalue weighted by atomic mass is 16.5. The Hall–Kier alpha value is -1.80. The quantitative estimate of drug-likeness (QED) is 0.907. The van der Waals surface area contributed by atoms with Crippen molar-refractivity contribution in [3.8, 4) is 5.75 Å². The van der Waals surface area contributed by atoms with E-state index in [-0.39, 0.29) is 0 Å². The first-order valence-electron chi connectivity index (χ1n) is 6.92. The van der Waals surface area contributed by atoms with E-state index in [1.165, 1.54) is 5.56 Å². The molecule has 2 heteroatoms. The fourth-order valence-corrected chi connectivity index (χ4v) is 2.27. The number of aliphatic hydroxyl groups is 1. The second kappa shape index (κ2) is 5.68. The van der Waals surface area contributed by atoms with Gasteiger partial charge >= 0.3 is 0 Å². The number of hydrogen-bond donors (Lipinski definition) is 1. The van der Waals surface area contributed by atoms with Crippen molar-refractivity contribution >= 4 is 0 Å². The molecule has 0 heterocycles. The summed E-state index contributed by atoms with van der Waals surface area (Å²) < 4.78 is 5.15. The molecule has 20 heavy (non-hydrogen) atoms. The Morgan fingerprint density at radius 1 is 0.900 bits per heavy atom. The first kappa shape index (κ1) is 14.6. The average Bonchev–Trinajstić information content (AvgIpc) is 2.47. The van der Waals surface area contributed by atoms with Gasteiger partial charge in [0.2, 0.25) is 0 Å². The van der Waals surface area contributed by atoms with Crippen LogP contribution >= 0.6 is 0 Å². The summed E-state index contributed by atoms with van der Waals surface area (Å²) in [4.78, 5) is 0. The number of ether oxygens (including phenoxy) is 1. The topological polar surface area (TPSA) is 29.5 Å². The molecule has 1 atom stereocenters. The minimum atomic E-state index is -0.998. The fraction of sp³-hybridized carbons (Fsp3) is 0.333. The van der Waals surface area contributed by atoms with E-state index in [1.54, 1.807) is 7.11 Å². The van der Waals surface area contributed by atoms with Crippen molar-refractivity contribution in [1.29, 1.82) is 0 Å². The predicted octanol–water partition coefficient (Wildman–Crippen LogP) is 4.07. The summed E-state index contributed by atoms with van der Waals surface area (Å²) in [5.74, 6) is 1.29. The Morgan fingerprint density at radius 2 is 1.35 bits per heavy atom. The van der Waals surface area contributed by atoms with Gasteiger partial charge in [0, 0.05) is 0 Å². The van der Waals surface area contributed by atoms with Crippen molar-refractivity contribution in [1.82, 2.24) is 0 Å². The summed E-state index contributed by atoms with van der Waals surface area (Å²) in [6.07, 6.45) is 0. The zero-order valence-corrected chi connectivity index (χ0v) is 12.6. The molecular weight excluding hydrogens is 248 g/mol. The maximum absolute atomic E-state index is 10.8. The standard InChI is InChI=1S/C18H22O2/c1-13(2)14-5-7-15(8-6-14)18(3,19)16-9-11-17(20-4)12-10-16/h5-13,19H,1-4H3. The Bertz CT molecular complexity index is 551. The monoisotopic (exact) mass is 270 g/mol. The Kier molecular flexibility index (Phi) is 4.15. The van der Waals surface area contributed by atoms with E-state index in [1.807, 2.05) is 43.3 Å². The number of methoxy groups -OCH3 is 1. The molecule has 2 aromatic carbocycles. The van der Waals surface area contributed by atoms with Gasteiger partial charge in [0.15, 0.2) is 0 Å². The van der Waals surface area contributed by atoms with Crippen molar-refractivity contribution in [2.75, 3.05) is 7.11 Å². The first-order valence-corrected chi connectivity index (χ1v) is 6.92. The van der Waals surface area contributed by atoms with E-state index in [0.29, 0.717) is 5.92 Å². The molecular formula is C18H22O2. The van der Waals surface area contributed by atoms with E-state index in [9.17, 15) is 5.11 Å². The van der Waals surface area contributed by atoms with Gasteiger partial charge in [-0.15, -0.1) is 0 Å². The maximum atomic E-state index is 10.8. The molecule has 2 rings (SSSR count). The van der Waals surface area contributed by atoms with Crippen molar-refractivity contribution in [3.63, 3.8) is 0 Å². The summed E-state index contributed by atoms with van der Waals surface area (Å²) in [5, 5.41) is 10.8. The lowest BCUT2D eigenvalue weighted by atomic mass is 9.87. The number of hydrogen-bond acceptors (Lipinski definition) is 2. The molecule has 0 aliphatic rings. The van der Waals surface area contributed by atoms with Gasteiger partial charge in [-0.3, -0.25) is 0 Å². The molecule has 0 spiro atoms. The van der Waals surface area contributed by atoms with E-state index in [0.717, 1.165) is 16.9 Å².